The van der Waals surface area contributed by atoms with Gasteiger partial charge in [0.05, 0.1) is 11.0 Å². The van der Waals surface area contributed by atoms with E-state index in [2.05, 4.69) is 152 Å². The zero-order valence-corrected chi connectivity index (χ0v) is 21.8. The summed E-state index contributed by atoms with van der Waals surface area (Å²) in [5.74, 6) is 0. The summed E-state index contributed by atoms with van der Waals surface area (Å²) in [6.07, 6.45) is 0. The number of hydrogen-bond acceptors (Lipinski definition) is 0. The van der Waals surface area contributed by atoms with Crippen LogP contribution < -0.4 is 0 Å². The number of aromatic nitrogens is 1. The van der Waals surface area contributed by atoms with E-state index in [1.165, 1.54) is 54.5 Å². The van der Waals surface area contributed by atoms with Gasteiger partial charge in [-0.2, -0.15) is 0 Å². The second-order valence-corrected chi connectivity index (χ2v) is 10.7. The average molecular weight is 577 g/mol. The van der Waals surface area contributed by atoms with Crippen molar-refractivity contribution in [2.75, 3.05) is 0 Å². The quantitative estimate of drug-likeness (QED) is 0.180. The highest BCUT2D eigenvalue weighted by molar-refractivity contribution is 9.10. The molecule has 0 atom stereocenters. The highest BCUT2D eigenvalue weighted by Gasteiger charge is 2.15. The molecule has 0 bridgehead atoms. The summed E-state index contributed by atoms with van der Waals surface area (Å²) in [6.45, 7) is 0. The maximum atomic E-state index is 3.67. The standard InChI is InChI=1S/C32H19Br2N/c33-22-12-14-31-29(18-22)30-19-23(34)13-15-32(30)35(31)24-8-5-7-20(16-24)28-17-21-6-1-2-9-25(21)26-10-3-4-11-27(26)28/h1-19H. The molecule has 0 saturated carbocycles. The Labute approximate surface area is 219 Å². The van der Waals surface area contributed by atoms with Crippen molar-refractivity contribution in [2.24, 2.45) is 0 Å². The van der Waals surface area contributed by atoms with Crippen LogP contribution in [0.5, 0.6) is 0 Å². The largest absolute Gasteiger partial charge is 0.309 e. The summed E-state index contributed by atoms with van der Waals surface area (Å²) in [4.78, 5) is 0. The third-order valence-electron chi connectivity index (χ3n) is 6.87. The SMILES string of the molecule is Brc1ccc2c(c1)c1cc(Br)ccc1n2-c1cccc(-c2cc3ccccc3c3ccccc23)c1. The first-order chi connectivity index (χ1) is 17.2. The molecule has 166 valence electrons. The van der Waals surface area contributed by atoms with Crippen LogP contribution >= 0.6 is 31.9 Å². The van der Waals surface area contributed by atoms with Crippen LogP contribution in [-0.2, 0) is 0 Å². The Bertz CT molecular complexity index is 1870. The Hall–Kier alpha value is -3.40. The van der Waals surface area contributed by atoms with Gasteiger partial charge in [0.15, 0.2) is 0 Å². The van der Waals surface area contributed by atoms with Gasteiger partial charge in [0.2, 0.25) is 0 Å². The van der Waals surface area contributed by atoms with Gasteiger partial charge in [0.1, 0.15) is 0 Å². The zero-order valence-electron chi connectivity index (χ0n) is 18.7. The van der Waals surface area contributed by atoms with Crippen molar-refractivity contribution in [3.63, 3.8) is 0 Å². The van der Waals surface area contributed by atoms with E-state index in [-0.39, 0.29) is 0 Å². The number of fused-ring (bicyclic) bond motifs is 6. The monoisotopic (exact) mass is 575 g/mol. The molecule has 0 unspecified atom stereocenters. The maximum absolute atomic E-state index is 3.67. The van der Waals surface area contributed by atoms with E-state index in [4.69, 9.17) is 0 Å². The fourth-order valence-corrected chi connectivity index (χ4v) is 6.07. The van der Waals surface area contributed by atoms with Crippen molar-refractivity contribution in [3.05, 3.63) is 124 Å². The molecule has 0 spiro atoms. The highest BCUT2D eigenvalue weighted by Crippen LogP contribution is 2.38. The van der Waals surface area contributed by atoms with Crippen LogP contribution in [0.1, 0.15) is 0 Å². The van der Waals surface area contributed by atoms with Gasteiger partial charge in [-0.3, -0.25) is 0 Å². The molecule has 1 nitrogen and oxygen atoms in total. The second-order valence-electron chi connectivity index (χ2n) is 8.90. The summed E-state index contributed by atoms with van der Waals surface area (Å²) in [6, 6.07) is 41.7. The molecule has 0 aliphatic carbocycles. The molecule has 0 saturated heterocycles. The van der Waals surface area contributed by atoms with Crippen LogP contribution in [0.3, 0.4) is 0 Å². The van der Waals surface area contributed by atoms with Gasteiger partial charge < -0.3 is 4.57 Å². The molecule has 0 aliphatic rings. The summed E-state index contributed by atoms with van der Waals surface area (Å²) >= 11 is 7.33. The molecular weight excluding hydrogens is 558 g/mol. The maximum Gasteiger partial charge on any atom is 0.0541 e. The minimum Gasteiger partial charge on any atom is -0.309 e. The number of rotatable bonds is 2. The van der Waals surface area contributed by atoms with E-state index in [0.29, 0.717) is 0 Å². The lowest BCUT2D eigenvalue weighted by atomic mass is 9.93. The molecule has 0 N–H and O–H groups in total. The number of nitrogens with zero attached hydrogens (tertiary/aromatic N) is 1. The first-order valence-corrected chi connectivity index (χ1v) is 13.2. The van der Waals surface area contributed by atoms with Crippen LogP contribution in [-0.4, -0.2) is 4.57 Å². The summed E-state index contributed by atoms with van der Waals surface area (Å²) in [7, 11) is 0. The third kappa shape index (κ3) is 3.34. The molecule has 1 aromatic heterocycles. The highest BCUT2D eigenvalue weighted by atomic mass is 79.9. The van der Waals surface area contributed by atoms with Gasteiger partial charge >= 0.3 is 0 Å². The third-order valence-corrected chi connectivity index (χ3v) is 7.86. The van der Waals surface area contributed by atoms with Crippen molar-refractivity contribution in [2.45, 2.75) is 0 Å². The van der Waals surface area contributed by atoms with Gasteiger partial charge in [0.25, 0.3) is 0 Å². The van der Waals surface area contributed by atoms with E-state index in [0.717, 1.165) is 14.6 Å². The van der Waals surface area contributed by atoms with Crippen LogP contribution in [0.25, 0.3) is 60.2 Å². The molecule has 6 aromatic carbocycles. The molecule has 0 amide bonds. The molecular formula is C32H19Br2N. The molecule has 1 heterocycles. The van der Waals surface area contributed by atoms with Gasteiger partial charge in [-0.05, 0) is 87.3 Å². The van der Waals surface area contributed by atoms with Gasteiger partial charge in [0, 0.05) is 25.4 Å². The fraction of sp³-hybridized carbons (Fsp3) is 0. The molecule has 3 heteroatoms. The van der Waals surface area contributed by atoms with Crippen molar-refractivity contribution in [1.82, 2.24) is 4.57 Å². The number of halogens is 2. The average Bonchev–Trinajstić information content (AvgIpc) is 3.21. The molecule has 7 aromatic rings. The lowest BCUT2D eigenvalue weighted by Crippen LogP contribution is -1.94. The number of hydrogen-bond donors (Lipinski definition) is 0. The molecule has 0 radical (unpaired) electrons. The van der Waals surface area contributed by atoms with E-state index in [1.54, 1.807) is 0 Å². The van der Waals surface area contributed by atoms with Gasteiger partial charge in [-0.1, -0.05) is 92.5 Å². The van der Waals surface area contributed by atoms with Gasteiger partial charge in [-0.15, -0.1) is 0 Å². The smallest absolute Gasteiger partial charge is 0.0541 e. The van der Waals surface area contributed by atoms with E-state index in [9.17, 15) is 0 Å². The Balaban J connectivity index is 1.53. The molecule has 0 aliphatic heterocycles. The van der Waals surface area contributed by atoms with Crippen LogP contribution in [0.15, 0.2) is 124 Å². The van der Waals surface area contributed by atoms with Crippen LogP contribution in [0, 0.1) is 0 Å². The van der Waals surface area contributed by atoms with E-state index in [1.807, 2.05) is 0 Å². The molecule has 0 fully saturated rings. The summed E-state index contributed by atoms with van der Waals surface area (Å²) < 4.78 is 4.54. The second kappa shape index (κ2) is 8.08. The Kier molecular flexibility index (Phi) is 4.83. The normalized spacial score (nSPS) is 11.7. The lowest BCUT2D eigenvalue weighted by Gasteiger charge is -2.14. The Morgan fingerprint density at radius 2 is 1.09 bits per heavy atom. The minimum atomic E-state index is 1.08. The van der Waals surface area contributed by atoms with E-state index >= 15 is 0 Å². The molecule has 35 heavy (non-hydrogen) atoms. The van der Waals surface area contributed by atoms with Crippen LogP contribution in [0.4, 0.5) is 0 Å². The Morgan fingerprint density at radius 3 is 1.80 bits per heavy atom. The first-order valence-electron chi connectivity index (χ1n) is 11.6. The van der Waals surface area contributed by atoms with Crippen molar-refractivity contribution < 1.29 is 0 Å². The van der Waals surface area contributed by atoms with Crippen LogP contribution in [0.2, 0.25) is 0 Å². The van der Waals surface area contributed by atoms with Crippen molar-refractivity contribution >= 4 is 75.2 Å². The molecule has 7 rings (SSSR count). The topological polar surface area (TPSA) is 4.93 Å². The van der Waals surface area contributed by atoms with Crippen molar-refractivity contribution in [1.29, 1.82) is 0 Å². The lowest BCUT2D eigenvalue weighted by molar-refractivity contribution is 1.18. The van der Waals surface area contributed by atoms with Crippen molar-refractivity contribution in [3.8, 4) is 16.8 Å². The Morgan fingerprint density at radius 1 is 0.457 bits per heavy atom. The zero-order chi connectivity index (χ0) is 23.5. The fourth-order valence-electron chi connectivity index (χ4n) is 5.35. The van der Waals surface area contributed by atoms with Gasteiger partial charge in [-0.25, -0.2) is 0 Å². The van der Waals surface area contributed by atoms with E-state index < -0.39 is 0 Å². The predicted molar refractivity (Wildman–Crippen MR) is 157 cm³/mol. The summed E-state index contributed by atoms with van der Waals surface area (Å²) in [5, 5.41) is 7.59. The number of benzene rings is 6. The first kappa shape index (κ1) is 20.9. The summed E-state index contributed by atoms with van der Waals surface area (Å²) in [5.41, 5.74) is 6.02. The predicted octanol–water partition coefficient (Wildman–Crippen LogP) is 10.3. The minimum absolute atomic E-state index is 1.08.